The van der Waals surface area contributed by atoms with Crippen LogP contribution in [0.5, 0.6) is 0 Å². The van der Waals surface area contributed by atoms with Gasteiger partial charge in [0.1, 0.15) is 5.82 Å². The highest BCUT2D eigenvalue weighted by Gasteiger charge is 2.20. The summed E-state index contributed by atoms with van der Waals surface area (Å²) in [6, 6.07) is 15.0. The van der Waals surface area contributed by atoms with Gasteiger partial charge >= 0.3 is 0 Å². The van der Waals surface area contributed by atoms with Crippen LogP contribution in [0.3, 0.4) is 0 Å². The van der Waals surface area contributed by atoms with Gasteiger partial charge < -0.3 is 11.1 Å². The third kappa shape index (κ3) is 4.62. The molecule has 0 aliphatic rings. The highest BCUT2D eigenvalue weighted by atomic mass is 35.5. The van der Waals surface area contributed by atoms with Gasteiger partial charge in [-0.3, -0.25) is 9.52 Å². The predicted molar refractivity (Wildman–Crippen MR) is 116 cm³/mol. The average molecular weight is 448 g/mol. The largest absolute Gasteiger partial charge is 0.326 e. The Kier molecular flexibility index (Phi) is 6.40. The normalized spacial score (nSPS) is 11.2. The summed E-state index contributed by atoms with van der Waals surface area (Å²) < 4.78 is 42.2. The highest BCUT2D eigenvalue weighted by molar-refractivity contribution is 7.92. The number of nitrogens with one attached hydrogen (secondary N) is 2. The maximum absolute atomic E-state index is 14.0. The molecule has 3 aromatic carbocycles. The smallest absolute Gasteiger partial charge is 0.262 e. The molecule has 0 aliphatic carbocycles. The van der Waals surface area contributed by atoms with Crippen molar-refractivity contribution in [1.82, 2.24) is 0 Å². The number of anilines is 2. The average Bonchev–Trinajstić information content (AvgIpc) is 2.68. The summed E-state index contributed by atoms with van der Waals surface area (Å²) in [6.45, 7) is 1.76. The molecule has 6 nitrogen and oxygen atoms in total. The van der Waals surface area contributed by atoms with E-state index in [0.29, 0.717) is 11.1 Å². The Balaban J connectivity index is 1.93. The van der Waals surface area contributed by atoms with Crippen LogP contribution < -0.4 is 15.8 Å². The number of benzene rings is 3. The number of hydrogen-bond donors (Lipinski definition) is 3. The second-order valence-electron chi connectivity index (χ2n) is 6.50. The maximum Gasteiger partial charge on any atom is 0.262 e. The lowest BCUT2D eigenvalue weighted by molar-refractivity contribution is 0.102. The predicted octanol–water partition coefficient (Wildman–Crippen LogP) is 4.30. The Morgan fingerprint density at radius 2 is 1.83 bits per heavy atom. The van der Waals surface area contributed by atoms with E-state index in [4.69, 9.17) is 17.3 Å². The molecule has 30 heavy (non-hydrogen) atoms. The lowest BCUT2D eigenvalue weighted by atomic mass is 10.1. The second-order valence-corrected chi connectivity index (χ2v) is 8.56. The summed E-state index contributed by atoms with van der Waals surface area (Å²) in [5.74, 6) is -1.52. The molecule has 0 aliphatic heterocycles. The van der Waals surface area contributed by atoms with E-state index in [1.165, 1.54) is 24.3 Å². The van der Waals surface area contributed by atoms with Crippen molar-refractivity contribution in [2.45, 2.75) is 18.4 Å². The molecule has 0 radical (unpaired) electrons. The Morgan fingerprint density at radius 3 is 2.50 bits per heavy atom. The van der Waals surface area contributed by atoms with Crippen molar-refractivity contribution in [2.24, 2.45) is 5.73 Å². The number of nitrogens with two attached hydrogens (primary N) is 1. The zero-order chi connectivity index (χ0) is 21.9. The number of halogens is 2. The lowest BCUT2D eigenvalue weighted by Crippen LogP contribution is -2.18. The van der Waals surface area contributed by atoms with E-state index in [1.807, 2.05) is 0 Å². The number of hydrogen-bond acceptors (Lipinski definition) is 4. The van der Waals surface area contributed by atoms with Gasteiger partial charge in [0.05, 0.1) is 21.2 Å². The molecular weight excluding hydrogens is 429 g/mol. The van der Waals surface area contributed by atoms with Gasteiger partial charge in [-0.15, -0.1) is 0 Å². The van der Waals surface area contributed by atoms with Crippen LogP contribution in [0.4, 0.5) is 15.8 Å². The Hall–Kier alpha value is -2.94. The minimum atomic E-state index is -3.89. The zero-order valence-electron chi connectivity index (χ0n) is 15.9. The minimum Gasteiger partial charge on any atom is -0.326 e. The molecule has 4 N–H and O–H groups in total. The summed E-state index contributed by atoms with van der Waals surface area (Å²) in [4.78, 5) is 12.6. The zero-order valence-corrected chi connectivity index (χ0v) is 17.5. The molecule has 0 saturated carbocycles. The van der Waals surface area contributed by atoms with Crippen molar-refractivity contribution in [1.29, 1.82) is 0 Å². The molecule has 9 heteroatoms. The molecule has 0 heterocycles. The van der Waals surface area contributed by atoms with E-state index in [2.05, 4.69) is 10.0 Å². The standard InChI is InChI=1S/C21H19ClFN3O3S/c1-13-5-2-3-8-19(13)30(28,29)26-18-11-15(10-9-14(18)12-24)25-21(27)20-16(22)6-4-7-17(20)23/h2-11,26H,12,24H2,1H3,(H,25,27). The number of rotatable bonds is 6. The van der Waals surface area contributed by atoms with Gasteiger partial charge in [0.25, 0.3) is 15.9 Å². The molecule has 3 aromatic rings. The second kappa shape index (κ2) is 8.83. The molecule has 3 rings (SSSR count). The van der Waals surface area contributed by atoms with E-state index in [-0.39, 0.29) is 33.4 Å². The fraction of sp³-hybridized carbons (Fsp3) is 0.0952. The summed E-state index contributed by atoms with van der Waals surface area (Å²) in [5.41, 5.74) is 6.99. The Labute approximate surface area is 178 Å². The van der Waals surface area contributed by atoms with Gasteiger partial charge in [-0.2, -0.15) is 0 Å². The van der Waals surface area contributed by atoms with E-state index >= 15 is 0 Å². The summed E-state index contributed by atoms with van der Waals surface area (Å²) in [5, 5.41) is 2.49. The van der Waals surface area contributed by atoms with Crippen molar-refractivity contribution in [3.63, 3.8) is 0 Å². The van der Waals surface area contributed by atoms with Gasteiger partial charge in [-0.25, -0.2) is 12.8 Å². The number of carbonyl (C=O) groups is 1. The first-order valence-electron chi connectivity index (χ1n) is 8.89. The van der Waals surface area contributed by atoms with Crippen LogP contribution in [0.15, 0.2) is 65.6 Å². The SMILES string of the molecule is Cc1ccccc1S(=O)(=O)Nc1cc(NC(=O)c2c(F)cccc2Cl)ccc1CN. The molecule has 0 bridgehead atoms. The van der Waals surface area contributed by atoms with Crippen LogP contribution in [0.2, 0.25) is 5.02 Å². The molecule has 1 amide bonds. The van der Waals surface area contributed by atoms with Gasteiger partial charge in [0.15, 0.2) is 0 Å². The molecular formula is C21H19ClFN3O3S. The number of aryl methyl sites for hydroxylation is 1. The van der Waals surface area contributed by atoms with E-state index in [9.17, 15) is 17.6 Å². The van der Waals surface area contributed by atoms with Gasteiger partial charge in [-0.1, -0.05) is 41.9 Å². The third-order valence-corrected chi connectivity index (χ3v) is 6.25. The van der Waals surface area contributed by atoms with Gasteiger partial charge in [0.2, 0.25) is 0 Å². The van der Waals surface area contributed by atoms with Crippen LogP contribution in [0.25, 0.3) is 0 Å². The number of carbonyl (C=O) groups excluding carboxylic acids is 1. The monoisotopic (exact) mass is 447 g/mol. The topological polar surface area (TPSA) is 101 Å². The van der Waals surface area contributed by atoms with Gasteiger partial charge in [0, 0.05) is 12.2 Å². The molecule has 0 unspecified atom stereocenters. The quantitative estimate of drug-likeness (QED) is 0.524. The van der Waals surface area contributed by atoms with Crippen molar-refractivity contribution in [2.75, 3.05) is 10.0 Å². The molecule has 156 valence electrons. The van der Waals surface area contributed by atoms with Crippen LogP contribution in [-0.2, 0) is 16.6 Å². The Bertz CT molecular complexity index is 1200. The maximum atomic E-state index is 14.0. The summed E-state index contributed by atoms with van der Waals surface area (Å²) >= 11 is 5.93. The first kappa shape index (κ1) is 21.8. The molecule has 0 spiro atoms. The first-order valence-corrected chi connectivity index (χ1v) is 10.8. The van der Waals surface area contributed by atoms with E-state index < -0.39 is 21.7 Å². The third-order valence-electron chi connectivity index (χ3n) is 4.40. The van der Waals surface area contributed by atoms with Crippen LogP contribution >= 0.6 is 11.6 Å². The van der Waals surface area contributed by atoms with E-state index in [1.54, 1.807) is 37.3 Å². The van der Waals surface area contributed by atoms with Crippen molar-refractivity contribution >= 4 is 38.9 Å². The Morgan fingerprint density at radius 1 is 1.10 bits per heavy atom. The van der Waals surface area contributed by atoms with Crippen LogP contribution in [0, 0.1) is 12.7 Å². The van der Waals surface area contributed by atoms with Crippen LogP contribution in [0.1, 0.15) is 21.5 Å². The van der Waals surface area contributed by atoms with Crippen molar-refractivity contribution in [3.05, 3.63) is 88.2 Å². The lowest BCUT2D eigenvalue weighted by Gasteiger charge is -2.15. The van der Waals surface area contributed by atoms with Crippen LogP contribution in [-0.4, -0.2) is 14.3 Å². The van der Waals surface area contributed by atoms with E-state index in [0.717, 1.165) is 6.07 Å². The molecule has 0 aromatic heterocycles. The minimum absolute atomic E-state index is 0.0356. The number of amides is 1. The molecule has 0 saturated heterocycles. The van der Waals surface area contributed by atoms with Crippen molar-refractivity contribution < 1.29 is 17.6 Å². The van der Waals surface area contributed by atoms with Crippen molar-refractivity contribution in [3.8, 4) is 0 Å². The fourth-order valence-electron chi connectivity index (χ4n) is 2.89. The summed E-state index contributed by atoms with van der Waals surface area (Å²) in [6.07, 6.45) is 0. The molecule has 0 atom stereocenters. The fourth-order valence-corrected chi connectivity index (χ4v) is 4.48. The highest BCUT2D eigenvalue weighted by Crippen LogP contribution is 2.26. The number of sulfonamides is 1. The first-order chi connectivity index (χ1) is 14.2. The van der Waals surface area contributed by atoms with Gasteiger partial charge in [-0.05, 0) is 48.4 Å². The molecule has 0 fully saturated rings. The summed E-state index contributed by atoms with van der Waals surface area (Å²) in [7, 11) is -3.89.